The smallest absolute Gasteiger partial charge is 0.275 e. The molecular formula is C20H20N4O2. The number of carbonyl (C=O) groups excluding carboxylic acids is 1. The Bertz CT molecular complexity index is 877. The average molecular weight is 348 g/mol. The summed E-state index contributed by atoms with van der Waals surface area (Å²) in [5.74, 6) is 1.03. The first-order valence-corrected chi connectivity index (χ1v) is 8.34. The Morgan fingerprint density at radius 3 is 2.46 bits per heavy atom. The maximum Gasteiger partial charge on any atom is 0.275 e. The van der Waals surface area contributed by atoms with Crippen LogP contribution >= 0.6 is 0 Å². The Morgan fingerprint density at radius 2 is 1.81 bits per heavy atom. The molecule has 0 spiro atoms. The van der Waals surface area contributed by atoms with Gasteiger partial charge in [-0.2, -0.15) is 0 Å². The van der Waals surface area contributed by atoms with Crippen molar-refractivity contribution < 1.29 is 9.53 Å². The molecule has 1 aromatic heterocycles. The Balaban J connectivity index is 1.64. The zero-order valence-electron chi connectivity index (χ0n) is 14.7. The highest BCUT2D eigenvalue weighted by Crippen LogP contribution is 2.18. The number of amides is 1. The molecule has 0 unspecified atom stereocenters. The second kappa shape index (κ2) is 8.11. The molecular weight excluding hydrogens is 328 g/mol. The van der Waals surface area contributed by atoms with E-state index in [9.17, 15) is 4.79 Å². The molecule has 3 aromatic rings. The van der Waals surface area contributed by atoms with Gasteiger partial charge in [0, 0.05) is 11.4 Å². The number of nitrogens with one attached hydrogen (secondary N) is 2. The van der Waals surface area contributed by atoms with E-state index < -0.39 is 0 Å². The third kappa shape index (κ3) is 4.36. The number of para-hydroxylation sites is 1. The van der Waals surface area contributed by atoms with Gasteiger partial charge in [-0.05, 0) is 49.7 Å². The minimum atomic E-state index is -0.316. The highest BCUT2D eigenvalue weighted by molar-refractivity contribution is 6.02. The molecule has 0 aliphatic carbocycles. The molecule has 0 bridgehead atoms. The summed E-state index contributed by atoms with van der Waals surface area (Å²) in [5.41, 5.74) is 2.97. The first-order valence-electron chi connectivity index (χ1n) is 8.34. The van der Waals surface area contributed by atoms with Gasteiger partial charge in [0.2, 0.25) is 0 Å². The van der Waals surface area contributed by atoms with Crippen molar-refractivity contribution in [3.63, 3.8) is 0 Å². The van der Waals surface area contributed by atoms with Gasteiger partial charge < -0.3 is 15.4 Å². The quantitative estimate of drug-likeness (QED) is 0.699. The zero-order valence-corrected chi connectivity index (χ0v) is 14.7. The number of ether oxygens (including phenoxy) is 1. The van der Waals surface area contributed by atoms with Crippen LogP contribution in [0.3, 0.4) is 0 Å². The number of hydrogen-bond donors (Lipinski definition) is 2. The summed E-state index contributed by atoms with van der Waals surface area (Å²) in [4.78, 5) is 20.7. The second-order valence-electron chi connectivity index (χ2n) is 5.64. The lowest BCUT2D eigenvalue weighted by Gasteiger charge is -2.09. The predicted molar refractivity (Wildman–Crippen MR) is 102 cm³/mol. The first kappa shape index (κ1) is 17.4. The van der Waals surface area contributed by atoms with Crippen LogP contribution < -0.4 is 15.4 Å². The molecule has 0 radical (unpaired) electrons. The van der Waals surface area contributed by atoms with E-state index in [2.05, 4.69) is 20.6 Å². The molecule has 0 fully saturated rings. The van der Waals surface area contributed by atoms with Crippen LogP contribution in [0.4, 0.5) is 17.2 Å². The Hall–Kier alpha value is -3.41. The highest BCUT2D eigenvalue weighted by Gasteiger charge is 2.09. The summed E-state index contributed by atoms with van der Waals surface area (Å²) in [6.07, 6.45) is 2.99. The molecule has 26 heavy (non-hydrogen) atoms. The van der Waals surface area contributed by atoms with Gasteiger partial charge >= 0.3 is 0 Å². The van der Waals surface area contributed by atoms with Crippen molar-refractivity contribution in [3.8, 4) is 5.75 Å². The fraction of sp³-hybridized carbons (Fsp3) is 0.150. The van der Waals surface area contributed by atoms with E-state index in [1.807, 2.05) is 38.1 Å². The number of carbonyl (C=O) groups is 1. The number of benzene rings is 2. The van der Waals surface area contributed by atoms with Gasteiger partial charge in [-0.3, -0.25) is 4.79 Å². The van der Waals surface area contributed by atoms with Gasteiger partial charge in [0.25, 0.3) is 5.91 Å². The van der Waals surface area contributed by atoms with Crippen molar-refractivity contribution in [2.45, 2.75) is 13.8 Å². The van der Waals surface area contributed by atoms with Crippen molar-refractivity contribution in [1.29, 1.82) is 0 Å². The van der Waals surface area contributed by atoms with Gasteiger partial charge in [0.1, 0.15) is 17.3 Å². The number of hydrogen-bond acceptors (Lipinski definition) is 5. The molecule has 132 valence electrons. The Labute approximate surface area is 152 Å². The van der Waals surface area contributed by atoms with Crippen molar-refractivity contribution >= 4 is 23.1 Å². The van der Waals surface area contributed by atoms with E-state index in [0.717, 1.165) is 17.0 Å². The van der Waals surface area contributed by atoms with Crippen LogP contribution in [0.1, 0.15) is 23.0 Å². The second-order valence-corrected chi connectivity index (χ2v) is 5.64. The molecule has 0 aliphatic heterocycles. The number of aryl methyl sites for hydroxylation is 1. The maximum atomic E-state index is 12.3. The molecule has 1 heterocycles. The summed E-state index contributed by atoms with van der Waals surface area (Å²) in [6, 6.07) is 15.1. The largest absolute Gasteiger partial charge is 0.494 e. The van der Waals surface area contributed by atoms with Crippen molar-refractivity contribution in [3.05, 3.63) is 72.2 Å². The predicted octanol–water partition coefficient (Wildman–Crippen LogP) is 4.18. The monoisotopic (exact) mass is 348 g/mol. The maximum absolute atomic E-state index is 12.3. The van der Waals surface area contributed by atoms with E-state index in [0.29, 0.717) is 18.1 Å². The summed E-state index contributed by atoms with van der Waals surface area (Å²) < 4.78 is 5.38. The molecule has 0 atom stereocenters. The van der Waals surface area contributed by atoms with E-state index in [-0.39, 0.29) is 11.6 Å². The van der Waals surface area contributed by atoms with Gasteiger partial charge in [-0.15, -0.1) is 0 Å². The van der Waals surface area contributed by atoms with Crippen molar-refractivity contribution in [1.82, 2.24) is 9.97 Å². The average Bonchev–Trinajstić information content (AvgIpc) is 2.66. The number of rotatable bonds is 6. The topological polar surface area (TPSA) is 76.1 Å². The fourth-order valence-electron chi connectivity index (χ4n) is 2.36. The molecule has 1 amide bonds. The summed E-state index contributed by atoms with van der Waals surface area (Å²) in [6.45, 7) is 4.53. The van der Waals surface area contributed by atoms with Gasteiger partial charge in [0.05, 0.1) is 19.0 Å². The standard InChI is InChI=1S/C20H20N4O2/c1-3-26-16-10-8-15(9-11-16)23-20(25)18-12-22-19(13-21-18)24-17-7-5-4-6-14(17)2/h4-13H,3H2,1-2H3,(H,22,24)(H,23,25). The normalized spacial score (nSPS) is 10.2. The zero-order chi connectivity index (χ0) is 18.4. The van der Waals surface area contributed by atoms with Crippen LogP contribution in [0.25, 0.3) is 0 Å². The van der Waals surface area contributed by atoms with Crippen molar-refractivity contribution in [2.24, 2.45) is 0 Å². The minimum Gasteiger partial charge on any atom is -0.494 e. The summed E-state index contributed by atoms with van der Waals surface area (Å²) in [5, 5.41) is 5.98. The van der Waals surface area contributed by atoms with Crippen LogP contribution in [0.15, 0.2) is 60.9 Å². The van der Waals surface area contributed by atoms with E-state index in [4.69, 9.17) is 4.74 Å². The molecule has 2 aromatic carbocycles. The molecule has 0 aliphatic rings. The van der Waals surface area contributed by atoms with Gasteiger partial charge in [-0.25, -0.2) is 9.97 Å². The highest BCUT2D eigenvalue weighted by atomic mass is 16.5. The lowest BCUT2D eigenvalue weighted by molar-refractivity contribution is 0.102. The minimum absolute atomic E-state index is 0.245. The van der Waals surface area contributed by atoms with E-state index in [1.165, 1.54) is 6.20 Å². The van der Waals surface area contributed by atoms with Crippen LogP contribution in [-0.2, 0) is 0 Å². The lowest BCUT2D eigenvalue weighted by Crippen LogP contribution is -2.14. The Kier molecular flexibility index (Phi) is 5.43. The molecule has 0 saturated heterocycles. The third-order valence-corrected chi connectivity index (χ3v) is 3.72. The number of anilines is 3. The molecule has 2 N–H and O–H groups in total. The van der Waals surface area contributed by atoms with E-state index in [1.54, 1.807) is 30.5 Å². The number of aromatic nitrogens is 2. The van der Waals surface area contributed by atoms with Crippen LogP contribution in [0.5, 0.6) is 5.75 Å². The SMILES string of the molecule is CCOc1ccc(NC(=O)c2cnc(Nc3ccccc3C)cn2)cc1. The van der Waals surface area contributed by atoms with Gasteiger partial charge in [0.15, 0.2) is 0 Å². The molecule has 3 rings (SSSR count). The van der Waals surface area contributed by atoms with Crippen LogP contribution in [-0.4, -0.2) is 22.5 Å². The third-order valence-electron chi connectivity index (χ3n) is 3.72. The fourth-order valence-corrected chi connectivity index (χ4v) is 2.36. The van der Waals surface area contributed by atoms with Crippen molar-refractivity contribution in [2.75, 3.05) is 17.2 Å². The molecule has 0 saturated carbocycles. The first-order chi connectivity index (χ1) is 12.7. The molecule has 6 heteroatoms. The lowest BCUT2D eigenvalue weighted by atomic mass is 10.2. The molecule has 6 nitrogen and oxygen atoms in total. The summed E-state index contributed by atoms with van der Waals surface area (Å²) in [7, 11) is 0. The Morgan fingerprint density at radius 1 is 1.04 bits per heavy atom. The van der Waals surface area contributed by atoms with Gasteiger partial charge in [-0.1, -0.05) is 18.2 Å². The number of nitrogens with zero attached hydrogens (tertiary/aromatic N) is 2. The summed E-state index contributed by atoms with van der Waals surface area (Å²) >= 11 is 0. The van der Waals surface area contributed by atoms with E-state index >= 15 is 0 Å². The van der Waals surface area contributed by atoms with Crippen LogP contribution in [0.2, 0.25) is 0 Å². The van der Waals surface area contributed by atoms with Crippen LogP contribution in [0, 0.1) is 6.92 Å².